The van der Waals surface area contributed by atoms with Crippen LogP contribution in [-0.4, -0.2) is 23.0 Å². The molecule has 19 heavy (non-hydrogen) atoms. The van der Waals surface area contributed by atoms with Gasteiger partial charge in [0.1, 0.15) is 5.02 Å². The van der Waals surface area contributed by atoms with Crippen LogP contribution in [0.1, 0.15) is 50.9 Å². The molecule has 0 unspecified atom stereocenters. The van der Waals surface area contributed by atoms with Gasteiger partial charge < -0.3 is 10.1 Å². The number of nitrogens with one attached hydrogen (secondary N) is 1. The first-order valence-electron chi connectivity index (χ1n) is 6.60. The van der Waals surface area contributed by atoms with Crippen LogP contribution in [-0.2, 0) is 0 Å². The number of nitrogens with zero attached hydrogens (tertiary/aromatic N) is 1. The fraction of sp³-hybridized carbons (Fsp3) is 0.571. The van der Waals surface area contributed by atoms with E-state index in [9.17, 15) is 4.79 Å². The summed E-state index contributed by atoms with van der Waals surface area (Å²) in [6.07, 6.45) is 3.28. The molecule has 106 valence electrons. The molecule has 1 aromatic heterocycles. The molecule has 4 nitrogen and oxygen atoms in total. The van der Waals surface area contributed by atoms with Gasteiger partial charge in [-0.2, -0.15) is 0 Å². The molecule has 5 heteroatoms. The topological polar surface area (TPSA) is 51.2 Å². The minimum Gasteiger partial charge on any atom is -0.474 e. The lowest BCUT2D eigenvalue weighted by Gasteiger charge is -2.15. The monoisotopic (exact) mass is 284 g/mol. The van der Waals surface area contributed by atoms with Gasteiger partial charge in [-0.1, -0.05) is 25.4 Å². The third-order valence-corrected chi connectivity index (χ3v) is 3.01. The van der Waals surface area contributed by atoms with Crippen molar-refractivity contribution in [2.24, 2.45) is 0 Å². The smallest absolute Gasteiger partial charge is 0.253 e. The maximum atomic E-state index is 12.0. The van der Waals surface area contributed by atoms with Crippen LogP contribution in [0.2, 0.25) is 5.02 Å². The molecule has 1 rings (SSSR count). The lowest BCUT2D eigenvalue weighted by Crippen LogP contribution is -2.33. The summed E-state index contributed by atoms with van der Waals surface area (Å²) in [4.78, 5) is 16.1. The van der Waals surface area contributed by atoms with E-state index < -0.39 is 0 Å². The second-order valence-corrected chi connectivity index (χ2v) is 5.07. The van der Waals surface area contributed by atoms with E-state index in [1.807, 2.05) is 27.7 Å². The summed E-state index contributed by atoms with van der Waals surface area (Å²) in [6.45, 7) is 7.87. The van der Waals surface area contributed by atoms with Crippen molar-refractivity contribution in [3.05, 3.63) is 22.8 Å². The summed E-state index contributed by atoms with van der Waals surface area (Å²) in [5.41, 5.74) is 0.452. The van der Waals surface area contributed by atoms with E-state index in [4.69, 9.17) is 16.3 Å². The van der Waals surface area contributed by atoms with E-state index in [-0.39, 0.29) is 18.1 Å². The Bertz CT molecular complexity index is 431. The van der Waals surface area contributed by atoms with Gasteiger partial charge in [0, 0.05) is 12.2 Å². The average Bonchev–Trinajstić information content (AvgIpc) is 2.37. The molecular weight excluding hydrogens is 264 g/mol. The third kappa shape index (κ3) is 4.71. The molecule has 1 N–H and O–H groups in total. The number of hydrogen-bond acceptors (Lipinski definition) is 3. The number of ether oxygens (including phenoxy) is 1. The van der Waals surface area contributed by atoms with Crippen molar-refractivity contribution >= 4 is 17.5 Å². The van der Waals surface area contributed by atoms with Crippen molar-refractivity contribution < 1.29 is 9.53 Å². The van der Waals surface area contributed by atoms with Crippen molar-refractivity contribution in [3.63, 3.8) is 0 Å². The van der Waals surface area contributed by atoms with Gasteiger partial charge in [0.2, 0.25) is 5.88 Å². The molecule has 0 aliphatic heterocycles. The van der Waals surface area contributed by atoms with Crippen molar-refractivity contribution in [2.45, 2.75) is 52.7 Å². The number of carbonyl (C=O) groups excluding carboxylic acids is 1. The van der Waals surface area contributed by atoms with Crippen LogP contribution in [0, 0.1) is 0 Å². The molecule has 1 aromatic rings. The van der Waals surface area contributed by atoms with Crippen molar-refractivity contribution in [2.75, 3.05) is 0 Å². The second kappa shape index (κ2) is 7.34. The number of hydrogen-bond donors (Lipinski definition) is 1. The summed E-state index contributed by atoms with van der Waals surface area (Å²) in [5.74, 6) is 0.204. The van der Waals surface area contributed by atoms with Crippen LogP contribution >= 0.6 is 11.6 Å². The summed E-state index contributed by atoms with van der Waals surface area (Å²) in [6, 6.07) is 1.77. The average molecular weight is 285 g/mol. The first-order valence-corrected chi connectivity index (χ1v) is 6.98. The Kier molecular flexibility index (Phi) is 6.09. The van der Waals surface area contributed by atoms with Gasteiger partial charge in [0.25, 0.3) is 5.91 Å². The maximum absolute atomic E-state index is 12.0. The number of aromatic nitrogens is 1. The molecule has 0 atom stereocenters. The van der Waals surface area contributed by atoms with E-state index in [1.165, 1.54) is 6.20 Å². The lowest BCUT2D eigenvalue weighted by atomic mass is 10.1. The molecule has 0 saturated heterocycles. The van der Waals surface area contributed by atoms with Gasteiger partial charge in [-0.15, -0.1) is 0 Å². The zero-order valence-electron chi connectivity index (χ0n) is 11.9. The summed E-state index contributed by atoms with van der Waals surface area (Å²) in [7, 11) is 0. The number of pyridine rings is 1. The Labute approximate surface area is 119 Å². The highest BCUT2D eigenvalue weighted by Gasteiger charge is 2.14. The Balaban J connectivity index is 2.79. The molecule has 0 aliphatic rings. The molecule has 1 heterocycles. The molecule has 0 bridgehead atoms. The number of carbonyl (C=O) groups is 1. The van der Waals surface area contributed by atoms with E-state index >= 15 is 0 Å². The van der Waals surface area contributed by atoms with Crippen LogP contribution in [0.5, 0.6) is 5.88 Å². The Morgan fingerprint density at radius 2 is 2.05 bits per heavy atom. The normalized spacial score (nSPS) is 10.9. The number of amides is 1. The Morgan fingerprint density at radius 3 is 2.53 bits per heavy atom. The second-order valence-electron chi connectivity index (χ2n) is 4.66. The standard InChI is InChI=1S/C14H21ClN2O2/c1-5-11(6-2)17-13(18)10-7-12(15)14(16-8-10)19-9(3)4/h7-9,11H,5-6H2,1-4H3,(H,17,18). The Morgan fingerprint density at radius 1 is 1.42 bits per heavy atom. The minimum atomic E-state index is -0.154. The fourth-order valence-electron chi connectivity index (χ4n) is 1.62. The van der Waals surface area contributed by atoms with Crippen LogP contribution in [0.25, 0.3) is 0 Å². The van der Waals surface area contributed by atoms with Gasteiger partial charge in [0.15, 0.2) is 0 Å². The molecular formula is C14H21ClN2O2. The molecule has 1 amide bonds. The van der Waals surface area contributed by atoms with Crippen LogP contribution in [0.4, 0.5) is 0 Å². The van der Waals surface area contributed by atoms with Crippen molar-refractivity contribution in [1.29, 1.82) is 0 Å². The summed E-state index contributed by atoms with van der Waals surface area (Å²) >= 11 is 6.05. The van der Waals surface area contributed by atoms with E-state index in [2.05, 4.69) is 10.3 Å². The van der Waals surface area contributed by atoms with E-state index in [0.29, 0.717) is 16.5 Å². The van der Waals surface area contributed by atoms with Gasteiger partial charge in [-0.25, -0.2) is 4.98 Å². The van der Waals surface area contributed by atoms with Crippen molar-refractivity contribution in [3.8, 4) is 5.88 Å². The van der Waals surface area contributed by atoms with Gasteiger partial charge >= 0.3 is 0 Å². The third-order valence-electron chi connectivity index (χ3n) is 2.74. The quantitative estimate of drug-likeness (QED) is 0.870. The lowest BCUT2D eigenvalue weighted by molar-refractivity contribution is 0.0934. The van der Waals surface area contributed by atoms with E-state index in [0.717, 1.165) is 12.8 Å². The Hall–Kier alpha value is -1.29. The molecule has 0 aliphatic carbocycles. The minimum absolute atomic E-state index is 0.00533. The van der Waals surface area contributed by atoms with Gasteiger partial charge in [0.05, 0.1) is 11.7 Å². The maximum Gasteiger partial charge on any atom is 0.253 e. The van der Waals surface area contributed by atoms with Crippen LogP contribution < -0.4 is 10.1 Å². The predicted octanol–water partition coefficient (Wildman–Crippen LogP) is 3.44. The van der Waals surface area contributed by atoms with Crippen LogP contribution in [0.3, 0.4) is 0 Å². The van der Waals surface area contributed by atoms with Crippen molar-refractivity contribution in [1.82, 2.24) is 10.3 Å². The van der Waals surface area contributed by atoms with Gasteiger partial charge in [-0.05, 0) is 32.8 Å². The first kappa shape index (κ1) is 15.8. The zero-order chi connectivity index (χ0) is 14.4. The summed E-state index contributed by atoms with van der Waals surface area (Å²) in [5, 5.41) is 3.29. The fourth-order valence-corrected chi connectivity index (χ4v) is 1.83. The van der Waals surface area contributed by atoms with E-state index in [1.54, 1.807) is 6.07 Å². The highest BCUT2D eigenvalue weighted by Crippen LogP contribution is 2.23. The molecule has 0 fully saturated rings. The van der Waals surface area contributed by atoms with Crippen LogP contribution in [0.15, 0.2) is 12.3 Å². The van der Waals surface area contributed by atoms with Gasteiger partial charge in [-0.3, -0.25) is 4.79 Å². The molecule has 0 aromatic carbocycles. The number of halogens is 1. The summed E-state index contributed by atoms with van der Waals surface area (Å²) < 4.78 is 5.43. The highest BCUT2D eigenvalue weighted by molar-refractivity contribution is 6.32. The predicted molar refractivity (Wildman–Crippen MR) is 76.8 cm³/mol. The highest BCUT2D eigenvalue weighted by atomic mass is 35.5. The molecule has 0 spiro atoms. The SMILES string of the molecule is CCC(CC)NC(=O)c1cnc(OC(C)C)c(Cl)c1. The largest absolute Gasteiger partial charge is 0.474 e. The first-order chi connectivity index (χ1) is 8.97. The number of rotatable bonds is 6. The molecule has 0 saturated carbocycles. The molecule has 0 radical (unpaired) electrons. The zero-order valence-corrected chi connectivity index (χ0v) is 12.6.